The van der Waals surface area contributed by atoms with Crippen LogP contribution in [0.15, 0.2) is 4.52 Å². The first-order valence-corrected chi connectivity index (χ1v) is 7.46. The molecule has 104 valence electrons. The Labute approximate surface area is 115 Å². The Kier molecular flexibility index (Phi) is 4.14. The smallest absolute Gasteiger partial charge is 0.325 e. The highest BCUT2D eigenvalue weighted by atomic mass is 32.2. The molecule has 1 fully saturated rings. The average Bonchev–Trinajstić information content (AvgIpc) is 2.83. The molecule has 0 aromatic carbocycles. The Morgan fingerprint density at radius 2 is 2.16 bits per heavy atom. The topological polar surface area (TPSA) is 75.4 Å². The number of carbonyl (C=O) groups is 2. The Balaban J connectivity index is 2.09. The molecule has 1 aromatic heterocycles. The van der Waals surface area contributed by atoms with Crippen molar-refractivity contribution >= 4 is 23.7 Å². The van der Waals surface area contributed by atoms with E-state index < -0.39 is 6.04 Å². The summed E-state index contributed by atoms with van der Waals surface area (Å²) in [5.41, 5.74) is 1.51. The van der Waals surface area contributed by atoms with E-state index in [0.29, 0.717) is 17.9 Å². The maximum Gasteiger partial charge on any atom is 0.325 e. The van der Waals surface area contributed by atoms with Gasteiger partial charge >= 0.3 is 6.03 Å². The highest BCUT2D eigenvalue weighted by Gasteiger charge is 2.38. The Hall–Kier alpha value is -1.50. The maximum atomic E-state index is 12.2. The van der Waals surface area contributed by atoms with Crippen molar-refractivity contribution < 1.29 is 14.1 Å². The lowest BCUT2D eigenvalue weighted by Gasteiger charge is -2.12. The van der Waals surface area contributed by atoms with Crippen LogP contribution < -0.4 is 5.32 Å². The van der Waals surface area contributed by atoms with Crippen LogP contribution in [-0.4, -0.2) is 40.0 Å². The molecule has 1 aliphatic rings. The van der Waals surface area contributed by atoms with E-state index in [-0.39, 0.29) is 18.5 Å². The van der Waals surface area contributed by atoms with Gasteiger partial charge in [0, 0.05) is 5.56 Å². The van der Waals surface area contributed by atoms with E-state index in [2.05, 4.69) is 10.5 Å². The van der Waals surface area contributed by atoms with Crippen LogP contribution in [-0.2, 0) is 11.3 Å². The van der Waals surface area contributed by atoms with Crippen molar-refractivity contribution in [1.29, 1.82) is 0 Å². The molecule has 2 heterocycles. The Morgan fingerprint density at radius 3 is 2.74 bits per heavy atom. The van der Waals surface area contributed by atoms with Crippen molar-refractivity contribution in [3.63, 3.8) is 0 Å². The van der Waals surface area contributed by atoms with Gasteiger partial charge in [0.15, 0.2) is 0 Å². The fourth-order valence-electron chi connectivity index (χ4n) is 2.04. The van der Waals surface area contributed by atoms with Gasteiger partial charge in [-0.15, -0.1) is 0 Å². The number of urea groups is 1. The van der Waals surface area contributed by atoms with Gasteiger partial charge in [-0.25, -0.2) is 4.79 Å². The molecular weight excluding hydrogens is 266 g/mol. The Morgan fingerprint density at radius 1 is 1.42 bits per heavy atom. The molecule has 1 saturated heterocycles. The number of hydrogen-bond donors (Lipinski definition) is 1. The van der Waals surface area contributed by atoms with Gasteiger partial charge in [-0.1, -0.05) is 5.16 Å². The summed E-state index contributed by atoms with van der Waals surface area (Å²) in [4.78, 5) is 25.2. The van der Waals surface area contributed by atoms with Gasteiger partial charge in [-0.3, -0.25) is 9.69 Å². The van der Waals surface area contributed by atoms with E-state index in [4.69, 9.17) is 4.52 Å². The molecule has 0 saturated carbocycles. The zero-order valence-corrected chi connectivity index (χ0v) is 12.0. The lowest BCUT2D eigenvalue weighted by atomic mass is 10.2. The van der Waals surface area contributed by atoms with Crippen LogP contribution in [0, 0.1) is 13.8 Å². The fourth-order valence-corrected chi connectivity index (χ4v) is 2.52. The number of hydrogen-bond acceptors (Lipinski definition) is 5. The van der Waals surface area contributed by atoms with Gasteiger partial charge in [0.25, 0.3) is 5.91 Å². The van der Waals surface area contributed by atoms with Gasteiger partial charge in [-0.05, 0) is 32.3 Å². The predicted molar refractivity (Wildman–Crippen MR) is 71.8 cm³/mol. The van der Waals surface area contributed by atoms with Crippen molar-refractivity contribution in [2.45, 2.75) is 32.9 Å². The molecule has 7 heteroatoms. The lowest BCUT2D eigenvalue weighted by molar-refractivity contribution is -0.127. The number of thioether (sulfide) groups is 1. The minimum atomic E-state index is -0.402. The highest BCUT2D eigenvalue weighted by molar-refractivity contribution is 7.98. The van der Waals surface area contributed by atoms with Crippen LogP contribution in [0.3, 0.4) is 0 Å². The Bertz CT molecular complexity index is 481. The summed E-state index contributed by atoms with van der Waals surface area (Å²) in [6.45, 7) is 3.80. The summed E-state index contributed by atoms with van der Waals surface area (Å²) in [5, 5.41) is 6.54. The second-order valence-electron chi connectivity index (χ2n) is 4.51. The molecule has 6 nitrogen and oxygen atoms in total. The highest BCUT2D eigenvalue weighted by Crippen LogP contribution is 2.19. The van der Waals surface area contributed by atoms with Crippen molar-refractivity contribution in [1.82, 2.24) is 15.4 Å². The zero-order valence-electron chi connectivity index (χ0n) is 11.2. The fraction of sp³-hybridized carbons (Fsp3) is 0.583. The largest absolute Gasteiger partial charge is 0.361 e. The maximum absolute atomic E-state index is 12.2. The molecule has 3 amide bonds. The molecule has 0 radical (unpaired) electrons. The molecule has 1 N–H and O–H groups in total. The number of aromatic nitrogens is 1. The number of aryl methyl sites for hydroxylation is 2. The second kappa shape index (κ2) is 5.64. The summed E-state index contributed by atoms with van der Waals surface area (Å²) in [6.07, 6.45) is 2.63. The molecule has 0 bridgehead atoms. The van der Waals surface area contributed by atoms with Gasteiger partial charge in [0.2, 0.25) is 0 Å². The number of rotatable bonds is 5. The first kappa shape index (κ1) is 13.9. The monoisotopic (exact) mass is 283 g/mol. The van der Waals surface area contributed by atoms with E-state index in [1.807, 2.05) is 6.26 Å². The molecule has 0 aliphatic carbocycles. The third-order valence-electron chi connectivity index (χ3n) is 3.22. The molecule has 19 heavy (non-hydrogen) atoms. The minimum absolute atomic E-state index is 0.168. The van der Waals surface area contributed by atoms with Crippen LogP contribution in [0.25, 0.3) is 0 Å². The number of imide groups is 1. The van der Waals surface area contributed by atoms with Gasteiger partial charge in [-0.2, -0.15) is 11.8 Å². The summed E-state index contributed by atoms with van der Waals surface area (Å²) in [5.74, 6) is 1.32. The molecular formula is C12H17N3O3S. The van der Waals surface area contributed by atoms with Crippen LogP contribution in [0.5, 0.6) is 0 Å². The summed E-state index contributed by atoms with van der Waals surface area (Å²) in [7, 11) is 0. The SMILES string of the molecule is CSCC[C@H]1NC(=O)N(Cc2c(C)noc2C)C1=O. The second-order valence-corrected chi connectivity index (χ2v) is 5.50. The summed E-state index contributed by atoms with van der Waals surface area (Å²) < 4.78 is 5.04. The van der Waals surface area contributed by atoms with Crippen LogP contribution in [0.4, 0.5) is 4.79 Å². The number of nitrogens with zero attached hydrogens (tertiary/aromatic N) is 2. The third kappa shape index (κ3) is 2.75. The van der Waals surface area contributed by atoms with Gasteiger partial charge in [0.1, 0.15) is 11.8 Å². The molecule has 1 aliphatic heterocycles. The molecule has 1 aromatic rings. The summed E-state index contributed by atoms with van der Waals surface area (Å²) in [6, 6.07) is -0.739. The van der Waals surface area contributed by atoms with Crippen LogP contribution in [0.2, 0.25) is 0 Å². The van der Waals surface area contributed by atoms with E-state index >= 15 is 0 Å². The van der Waals surface area contributed by atoms with Crippen LogP contribution >= 0.6 is 11.8 Å². The van der Waals surface area contributed by atoms with Gasteiger partial charge < -0.3 is 9.84 Å². The van der Waals surface area contributed by atoms with E-state index in [0.717, 1.165) is 11.3 Å². The average molecular weight is 283 g/mol. The molecule has 0 spiro atoms. The minimum Gasteiger partial charge on any atom is -0.361 e. The zero-order chi connectivity index (χ0) is 14.0. The van der Waals surface area contributed by atoms with Crippen molar-refractivity contribution in [2.75, 3.05) is 12.0 Å². The number of amides is 3. The third-order valence-corrected chi connectivity index (χ3v) is 3.86. The summed E-state index contributed by atoms with van der Waals surface area (Å²) >= 11 is 1.66. The van der Waals surface area contributed by atoms with Crippen LogP contribution in [0.1, 0.15) is 23.4 Å². The first-order chi connectivity index (χ1) is 9.04. The number of carbonyl (C=O) groups excluding carboxylic acids is 2. The van der Waals surface area contributed by atoms with Crippen molar-refractivity contribution in [3.05, 3.63) is 17.0 Å². The number of nitrogens with one attached hydrogen (secondary N) is 1. The van der Waals surface area contributed by atoms with E-state index in [9.17, 15) is 9.59 Å². The molecule has 2 rings (SSSR count). The molecule has 0 unspecified atom stereocenters. The quantitative estimate of drug-likeness (QED) is 0.828. The first-order valence-electron chi connectivity index (χ1n) is 6.07. The van der Waals surface area contributed by atoms with Gasteiger partial charge in [0.05, 0.1) is 12.2 Å². The van der Waals surface area contributed by atoms with E-state index in [1.165, 1.54) is 4.90 Å². The van der Waals surface area contributed by atoms with E-state index in [1.54, 1.807) is 25.6 Å². The van der Waals surface area contributed by atoms with Crippen molar-refractivity contribution in [3.8, 4) is 0 Å². The lowest BCUT2D eigenvalue weighted by Crippen LogP contribution is -2.31. The normalized spacial score (nSPS) is 19.1. The standard InChI is InChI=1S/C12H17N3O3S/c1-7-9(8(2)18-14-7)6-15-11(16)10(4-5-19-3)13-12(15)17/h10H,4-6H2,1-3H3,(H,13,17)/t10-/m1/s1. The van der Waals surface area contributed by atoms with Crippen molar-refractivity contribution in [2.24, 2.45) is 0 Å². The molecule has 1 atom stereocenters. The predicted octanol–water partition coefficient (Wildman–Crippen LogP) is 1.46.